The Morgan fingerprint density at radius 2 is 2.03 bits per heavy atom. The van der Waals surface area contributed by atoms with Gasteiger partial charge in [-0.3, -0.25) is 4.98 Å². The summed E-state index contributed by atoms with van der Waals surface area (Å²) in [6.07, 6.45) is 4.63. The van der Waals surface area contributed by atoms with E-state index in [-0.39, 0.29) is 0 Å². The van der Waals surface area contributed by atoms with Crippen molar-refractivity contribution in [3.8, 4) is 0 Å². The Balaban J connectivity index is 1.42. The van der Waals surface area contributed by atoms with E-state index < -0.39 is 0 Å². The van der Waals surface area contributed by atoms with Gasteiger partial charge in [-0.2, -0.15) is 0 Å². The molecule has 0 saturated heterocycles. The molecular formula is C25H27BrN4O2. The maximum absolute atomic E-state index is 5.71. The standard InChI is InChI=1S/C25H27BrN4O2/c1-16-20-9-5-11-24(25(20)28-23-13-12-18(26)15-21(16)23)30-32-14-6-8-19-7-4-10-22(27-19)17(2)29-31-3/h4,7,10,12-13,15H,5-6,8-9,11,14H2,1-3H3. The van der Waals surface area contributed by atoms with Crippen LogP contribution in [0.1, 0.15) is 54.4 Å². The quantitative estimate of drug-likeness (QED) is 0.237. The lowest BCUT2D eigenvalue weighted by Crippen LogP contribution is -2.16. The van der Waals surface area contributed by atoms with E-state index in [1.807, 2.05) is 31.2 Å². The summed E-state index contributed by atoms with van der Waals surface area (Å²) in [5.41, 5.74) is 8.10. The van der Waals surface area contributed by atoms with Gasteiger partial charge < -0.3 is 9.68 Å². The number of pyridine rings is 2. The summed E-state index contributed by atoms with van der Waals surface area (Å²) in [6, 6.07) is 12.2. The second-order valence-electron chi connectivity index (χ2n) is 7.93. The zero-order valence-corrected chi connectivity index (χ0v) is 20.3. The van der Waals surface area contributed by atoms with Crippen LogP contribution in [0.15, 0.2) is 51.2 Å². The molecule has 0 atom stereocenters. The molecule has 0 unspecified atom stereocenters. The van der Waals surface area contributed by atoms with Crippen molar-refractivity contribution in [2.24, 2.45) is 10.3 Å². The molecule has 2 heterocycles. The van der Waals surface area contributed by atoms with Crippen molar-refractivity contribution in [1.82, 2.24) is 9.97 Å². The maximum Gasteiger partial charge on any atom is 0.117 e. The molecule has 0 fully saturated rings. The number of nitrogens with zero attached hydrogens (tertiary/aromatic N) is 4. The Morgan fingerprint density at radius 1 is 1.16 bits per heavy atom. The van der Waals surface area contributed by atoms with Crippen LogP contribution in [-0.4, -0.2) is 35.1 Å². The lowest BCUT2D eigenvalue weighted by Gasteiger charge is -2.20. The second-order valence-corrected chi connectivity index (χ2v) is 8.84. The number of hydrogen-bond acceptors (Lipinski definition) is 6. The Morgan fingerprint density at radius 3 is 2.88 bits per heavy atom. The van der Waals surface area contributed by atoms with Crippen LogP contribution in [0.4, 0.5) is 0 Å². The summed E-state index contributed by atoms with van der Waals surface area (Å²) >= 11 is 3.57. The van der Waals surface area contributed by atoms with E-state index in [1.165, 1.54) is 23.6 Å². The third kappa shape index (κ3) is 4.99. The van der Waals surface area contributed by atoms with E-state index in [9.17, 15) is 0 Å². The van der Waals surface area contributed by atoms with Crippen LogP contribution in [-0.2, 0) is 22.5 Å². The van der Waals surface area contributed by atoms with Crippen LogP contribution in [0, 0.1) is 6.92 Å². The smallest absolute Gasteiger partial charge is 0.117 e. The van der Waals surface area contributed by atoms with E-state index in [1.54, 1.807) is 0 Å². The normalized spacial score (nSPS) is 15.1. The Kier molecular flexibility index (Phi) is 7.15. The van der Waals surface area contributed by atoms with Gasteiger partial charge in [0.05, 0.1) is 16.9 Å². The molecule has 7 heteroatoms. The first kappa shape index (κ1) is 22.4. The molecule has 32 heavy (non-hydrogen) atoms. The summed E-state index contributed by atoms with van der Waals surface area (Å²) in [5, 5.41) is 9.62. The van der Waals surface area contributed by atoms with Crippen molar-refractivity contribution < 1.29 is 9.68 Å². The van der Waals surface area contributed by atoms with E-state index in [2.05, 4.69) is 50.3 Å². The van der Waals surface area contributed by atoms with Crippen molar-refractivity contribution in [3.63, 3.8) is 0 Å². The third-order valence-corrected chi connectivity index (χ3v) is 6.19. The van der Waals surface area contributed by atoms with Crippen LogP contribution in [0.2, 0.25) is 0 Å². The third-order valence-electron chi connectivity index (χ3n) is 5.70. The zero-order chi connectivity index (χ0) is 22.5. The van der Waals surface area contributed by atoms with Crippen molar-refractivity contribution in [2.45, 2.75) is 46.0 Å². The van der Waals surface area contributed by atoms with Crippen LogP contribution in [0.3, 0.4) is 0 Å². The van der Waals surface area contributed by atoms with Gasteiger partial charge in [-0.25, -0.2) is 4.98 Å². The average Bonchev–Trinajstić information content (AvgIpc) is 2.80. The molecule has 6 nitrogen and oxygen atoms in total. The summed E-state index contributed by atoms with van der Waals surface area (Å²) < 4.78 is 1.07. The molecule has 166 valence electrons. The fourth-order valence-electron chi connectivity index (χ4n) is 4.06. The maximum atomic E-state index is 5.71. The lowest BCUT2D eigenvalue weighted by molar-refractivity contribution is 0.141. The predicted octanol–water partition coefficient (Wildman–Crippen LogP) is 5.76. The Hall–Kier alpha value is -2.80. The number of halogens is 1. The number of benzene rings is 1. The topological polar surface area (TPSA) is 69.0 Å². The van der Waals surface area contributed by atoms with Gasteiger partial charge in [-0.05, 0) is 87.4 Å². The first-order valence-electron chi connectivity index (χ1n) is 10.9. The number of fused-ring (bicyclic) bond motifs is 2. The molecule has 0 bridgehead atoms. The molecule has 2 aromatic heterocycles. The van der Waals surface area contributed by atoms with Gasteiger partial charge in [-0.1, -0.05) is 32.3 Å². The van der Waals surface area contributed by atoms with Crippen LogP contribution in [0.25, 0.3) is 10.9 Å². The Bertz CT molecular complexity index is 1190. The van der Waals surface area contributed by atoms with E-state index in [4.69, 9.17) is 14.7 Å². The van der Waals surface area contributed by atoms with Crippen LogP contribution in [0.5, 0.6) is 0 Å². The molecule has 4 rings (SSSR count). The minimum Gasteiger partial charge on any atom is -0.399 e. The fourth-order valence-corrected chi connectivity index (χ4v) is 4.43. The van der Waals surface area contributed by atoms with Crippen molar-refractivity contribution in [2.75, 3.05) is 13.7 Å². The van der Waals surface area contributed by atoms with Crippen molar-refractivity contribution >= 4 is 38.3 Å². The average molecular weight is 495 g/mol. The molecule has 0 saturated carbocycles. The minimum absolute atomic E-state index is 0.537. The second kappa shape index (κ2) is 10.2. The molecule has 0 N–H and O–H groups in total. The first-order chi connectivity index (χ1) is 15.6. The summed E-state index contributed by atoms with van der Waals surface area (Å²) in [4.78, 5) is 20.1. The SMILES string of the molecule is CON=C(C)c1cccc(CCCON=C2CCCc3c2nc2ccc(Br)cc2c3C)n1. The number of aromatic nitrogens is 2. The van der Waals surface area contributed by atoms with Gasteiger partial charge in [0.25, 0.3) is 0 Å². The van der Waals surface area contributed by atoms with Crippen LogP contribution < -0.4 is 0 Å². The largest absolute Gasteiger partial charge is 0.399 e. The highest BCUT2D eigenvalue weighted by molar-refractivity contribution is 9.10. The molecule has 1 aliphatic carbocycles. The molecule has 1 aromatic carbocycles. The van der Waals surface area contributed by atoms with Gasteiger partial charge in [-0.15, -0.1) is 0 Å². The van der Waals surface area contributed by atoms with Gasteiger partial charge in [0, 0.05) is 15.6 Å². The summed E-state index contributed by atoms with van der Waals surface area (Å²) in [6.45, 7) is 4.60. The molecule has 1 aliphatic rings. The molecule has 3 aromatic rings. The predicted molar refractivity (Wildman–Crippen MR) is 131 cm³/mol. The van der Waals surface area contributed by atoms with E-state index >= 15 is 0 Å². The number of rotatable bonds is 7. The monoisotopic (exact) mass is 494 g/mol. The molecule has 0 aliphatic heterocycles. The van der Waals surface area contributed by atoms with E-state index in [0.717, 1.165) is 70.6 Å². The van der Waals surface area contributed by atoms with Gasteiger partial charge in [0.2, 0.25) is 0 Å². The molecule has 0 radical (unpaired) electrons. The van der Waals surface area contributed by atoms with Gasteiger partial charge in [0.1, 0.15) is 25.1 Å². The molecular weight excluding hydrogens is 468 g/mol. The van der Waals surface area contributed by atoms with Gasteiger partial charge >= 0.3 is 0 Å². The van der Waals surface area contributed by atoms with Crippen molar-refractivity contribution in [1.29, 1.82) is 0 Å². The highest BCUT2D eigenvalue weighted by Gasteiger charge is 2.21. The summed E-state index contributed by atoms with van der Waals surface area (Å²) in [5.74, 6) is 0. The zero-order valence-electron chi connectivity index (χ0n) is 18.7. The Labute approximate surface area is 196 Å². The minimum atomic E-state index is 0.537. The number of oxime groups is 2. The number of aryl methyl sites for hydroxylation is 2. The molecule has 0 amide bonds. The fraction of sp³-hybridized carbons (Fsp3) is 0.360. The summed E-state index contributed by atoms with van der Waals surface area (Å²) in [7, 11) is 1.54. The lowest BCUT2D eigenvalue weighted by atomic mass is 9.89. The molecule has 0 spiro atoms. The first-order valence-corrected chi connectivity index (χ1v) is 11.7. The van der Waals surface area contributed by atoms with Crippen LogP contribution >= 0.6 is 15.9 Å². The highest BCUT2D eigenvalue weighted by Crippen LogP contribution is 2.30. The number of hydrogen-bond donors (Lipinski definition) is 0. The highest BCUT2D eigenvalue weighted by atomic mass is 79.9. The van der Waals surface area contributed by atoms with Crippen molar-refractivity contribution in [3.05, 3.63) is 69.1 Å². The van der Waals surface area contributed by atoms with Gasteiger partial charge in [0.15, 0.2) is 0 Å². The van der Waals surface area contributed by atoms with E-state index in [0.29, 0.717) is 6.61 Å².